The maximum Gasteiger partial charge on any atom is 0.323 e. The standard InChI is InChI=1S/C36H46N2O3Si/c1-26-23-24-32(41-34(26)38-33(28(3)37(7)35(38)39)29-17-11-8-12-18-29)27(2)25-40-42(36(4,5)6,30-19-13-9-14-20-30)31-21-15-10-16-22-31/h8-22,24,26-28,33-34H,23,25H2,1-7H3/t26-,27-,28-,33-,34-/m1/s1. The first-order chi connectivity index (χ1) is 20.1. The minimum absolute atomic E-state index is 0.0191. The molecule has 2 heterocycles. The smallest absolute Gasteiger partial charge is 0.323 e. The zero-order chi connectivity index (χ0) is 30.1. The molecule has 5 atom stereocenters. The van der Waals surface area contributed by atoms with Gasteiger partial charge in [-0.3, -0.25) is 4.90 Å². The van der Waals surface area contributed by atoms with Crippen LogP contribution in [-0.4, -0.2) is 50.1 Å². The van der Waals surface area contributed by atoms with Gasteiger partial charge >= 0.3 is 6.03 Å². The lowest BCUT2D eigenvalue weighted by molar-refractivity contribution is -0.0649. The van der Waals surface area contributed by atoms with Crippen molar-refractivity contribution in [3.63, 3.8) is 0 Å². The minimum Gasteiger partial charge on any atom is -0.474 e. The van der Waals surface area contributed by atoms with Crippen molar-refractivity contribution in [2.75, 3.05) is 13.7 Å². The summed E-state index contributed by atoms with van der Waals surface area (Å²) >= 11 is 0. The lowest BCUT2D eigenvalue weighted by atomic mass is 9.95. The molecule has 6 heteroatoms. The van der Waals surface area contributed by atoms with Crippen molar-refractivity contribution in [2.24, 2.45) is 11.8 Å². The van der Waals surface area contributed by atoms with Gasteiger partial charge in [-0.15, -0.1) is 0 Å². The number of carbonyl (C=O) groups excluding carboxylic acids is 1. The van der Waals surface area contributed by atoms with Crippen LogP contribution in [0.1, 0.15) is 59.6 Å². The van der Waals surface area contributed by atoms with Crippen molar-refractivity contribution in [1.29, 1.82) is 0 Å². The number of carbonyl (C=O) groups is 1. The van der Waals surface area contributed by atoms with Gasteiger partial charge in [-0.2, -0.15) is 0 Å². The first kappa shape index (κ1) is 30.1. The van der Waals surface area contributed by atoms with Gasteiger partial charge in [-0.05, 0) is 40.4 Å². The molecule has 3 aromatic carbocycles. The predicted octanol–water partition coefficient (Wildman–Crippen LogP) is 6.96. The highest BCUT2D eigenvalue weighted by atomic mass is 28.4. The number of ether oxygens (including phenoxy) is 1. The van der Waals surface area contributed by atoms with Crippen LogP contribution in [0.2, 0.25) is 5.04 Å². The Morgan fingerprint density at radius 2 is 1.43 bits per heavy atom. The molecule has 2 aliphatic heterocycles. The van der Waals surface area contributed by atoms with Crippen LogP contribution in [0, 0.1) is 11.8 Å². The molecule has 0 aromatic heterocycles. The van der Waals surface area contributed by atoms with Gasteiger partial charge in [0.25, 0.3) is 8.32 Å². The average molecular weight is 583 g/mol. The second-order valence-electron chi connectivity index (χ2n) is 13.1. The van der Waals surface area contributed by atoms with E-state index in [0.29, 0.717) is 6.61 Å². The van der Waals surface area contributed by atoms with Crippen LogP contribution in [0.3, 0.4) is 0 Å². The Morgan fingerprint density at radius 3 is 1.95 bits per heavy atom. The van der Waals surface area contributed by atoms with E-state index in [9.17, 15) is 4.79 Å². The molecule has 0 N–H and O–H groups in total. The van der Waals surface area contributed by atoms with Gasteiger partial charge in [-0.1, -0.05) is 126 Å². The van der Waals surface area contributed by atoms with E-state index in [4.69, 9.17) is 9.16 Å². The van der Waals surface area contributed by atoms with Crippen molar-refractivity contribution in [3.8, 4) is 0 Å². The van der Waals surface area contributed by atoms with E-state index in [0.717, 1.165) is 17.7 Å². The lowest BCUT2D eigenvalue weighted by Gasteiger charge is -2.44. The van der Waals surface area contributed by atoms with E-state index in [1.165, 1.54) is 10.4 Å². The number of hydrogen-bond acceptors (Lipinski definition) is 3. The molecule has 1 fully saturated rings. The second kappa shape index (κ2) is 12.1. The molecule has 1 saturated heterocycles. The highest BCUT2D eigenvalue weighted by molar-refractivity contribution is 6.99. The van der Waals surface area contributed by atoms with Crippen molar-refractivity contribution in [3.05, 3.63) is 108 Å². The molecule has 2 amide bonds. The maximum absolute atomic E-state index is 13.6. The van der Waals surface area contributed by atoms with Crippen LogP contribution in [0.5, 0.6) is 0 Å². The molecule has 0 saturated carbocycles. The van der Waals surface area contributed by atoms with Crippen LogP contribution in [0.4, 0.5) is 4.79 Å². The summed E-state index contributed by atoms with van der Waals surface area (Å²) in [5, 5.41) is 2.44. The molecule has 0 radical (unpaired) electrons. The highest BCUT2D eigenvalue weighted by Crippen LogP contribution is 2.42. The molecule has 222 valence electrons. The topological polar surface area (TPSA) is 42.0 Å². The largest absolute Gasteiger partial charge is 0.474 e. The maximum atomic E-state index is 13.6. The van der Waals surface area contributed by atoms with Gasteiger partial charge in [0.05, 0.1) is 12.1 Å². The minimum atomic E-state index is -2.67. The number of hydrogen-bond donors (Lipinski definition) is 0. The van der Waals surface area contributed by atoms with Crippen molar-refractivity contribution >= 4 is 24.7 Å². The zero-order valence-corrected chi connectivity index (χ0v) is 27.2. The third-order valence-corrected chi connectivity index (χ3v) is 14.2. The monoisotopic (exact) mass is 582 g/mol. The van der Waals surface area contributed by atoms with E-state index in [-0.39, 0.29) is 41.2 Å². The summed E-state index contributed by atoms with van der Waals surface area (Å²) in [5.41, 5.74) is 1.14. The molecular formula is C36H46N2O3Si. The average Bonchev–Trinajstić information content (AvgIpc) is 3.22. The quantitative estimate of drug-likeness (QED) is 0.270. The highest BCUT2D eigenvalue weighted by Gasteiger charge is 2.51. The van der Waals surface area contributed by atoms with Crippen LogP contribution >= 0.6 is 0 Å². The number of allylic oxidation sites excluding steroid dienone is 1. The first-order valence-corrected chi connectivity index (χ1v) is 17.2. The Bertz CT molecular complexity index is 1330. The number of likely N-dealkylation sites (N-methyl/N-ethyl adjacent to an activating group) is 1. The summed E-state index contributed by atoms with van der Waals surface area (Å²) < 4.78 is 14.0. The van der Waals surface area contributed by atoms with Gasteiger partial charge in [0.1, 0.15) is 5.76 Å². The van der Waals surface area contributed by atoms with Gasteiger partial charge in [0, 0.05) is 25.5 Å². The molecule has 0 spiro atoms. The molecule has 0 aliphatic carbocycles. The Hall–Kier alpha value is -3.35. The van der Waals surface area contributed by atoms with Gasteiger partial charge in [0.2, 0.25) is 0 Å². The Balaban J connectivity index is 1.42. The first-order valence-electron chi connectivity index (χ1n) is 15.3. The molecule has 0 bridgehead atoms. The Morgan fingerprint density at radius 1 is 0.905 bits per heavy atom. The lowest BCUT2D eigenvalue weighted by Crippen LogP contribution is -2.66. The van der Waals surface area contributed by atoms with Gasteiger partial charge < -0.3 is 14.1 Å². The summed E-state index contributed by atoms with van der Waals surface area (Å²) in [7, 11) is -0.774. The zero-order valence-electron chi connectivity index (χ0n) is 26.2. The van der Waals surface area contributed by atoms with E-state index in [1.807, 2.05) is 35.0 Å². The predicted molar refractivity (Wildman–Crippen MR) is 173 cm³/mol. The summed E-state index contributed by atoms with van der Waals surface area (Å²) in [6.45, 7) is 13.9. The van der Waals surface area contributed by atoms with E-state index >= 15 is 0 Å². The van der Waals surface area contributed by atoms with Crippen LogP contribution in [-0.2, 0) is 9.16 Å². The van der Waals surface area contributed by atoms with Crippen molar-refractivity contribution < 1.29 is 14.0 Å². The SMILES string of the molecule is C[C@H](CO[Si](c1ccccc1)(c1ccccc1)C(C)(C)C)C1=CC[C@@H](C)[C@H](N2C(=O)N(C)[C@H](C)[C@@H]2c2ccccc2)O1. The van der Waals surface area contributed by atoms with Crippen molar-refractivity contribution in [2.45, 2.75) is 71.3 Å². The van der Waals surface area contributed by atoms with Crippen LogP contribution < -0.4 is 10.4 Å². The van der Waals surface area contributed by atoms with E-state index < -0.39 is 8.32 Å². The van der Waals surface area contributed by atoms with Gasteiger partial charge in [0.15, 0.2) is 6.23 Å². The molecule has 3 aromatic rings. The fourth-order valence-electron chi connectivity index (χ4n) is 6.74. The summed E-state index contributed by atoms with van der Waals surface area (Å²) in [6, 6.07) is 31.8. The number of nitrogens with zero attached hydrogens (tertiary/aromatic N) is 2. The molecule has 5 rings (SSSR count). The molecule has 2 aliphatic rings. The number of urea groups is 1. The molecule has 0 unspecified atom stereocenters. The van der Waals surface area contributed by atoms with Crippen LogP contribution in [0.25, 0.3) is 0 Å². The molecule has 5 nitrogen and oxygen atoms in total. The fourth-order valence-corrected chi connectivity index (χ4v) is 11.4. The molecule has 42 heavy (non-hydrogen) atoms. The van der Waals surface area contributed by atoms with Crippen LogP contribution in [0.15, 0.2) is 103 Å². The van der Waals surface area contributed by atoms with E-state index in [2.05, 4.69) is 120 Å². The second-order valence-corrected chi connectivity index (χ2v) is 17.4. The summed E-state index contributed by atoms with van der Waals surface area (Å²) in [5.74, 6) is 1.12. The van der Waals surface area contributed by atoms with Crippen molar-refractivity contribution in [1.82, 2.24) is 9.80 Å². The fraction of sp³-hybridized carbons (Fsp3) is 0.417. The third-order valence-electron chi connectivity index (χ3n) is 9.19. The number of benzene rings is 3. The summed E-state index contributed by atoms with van der Waals surface area (Å²) in [4.78, 5) is 17.5. The Labute approximate surface area is 253 Å². The molecular weight excluding hydrogens is 536 g/mol. The number of rotatable bonds is 8. The number of amides is 2. The summed E-state index contributed by atoms with van der Waals surface area (Å²) in [6.07, 6.45) is 2.73. The third kappa shape index (κ3) is 5.43. The normalized spacial score (nSPS) is 23.9. The Kier molecular flexibility index (Phi) is 8.67. The van der Waals surface area contributed by atoms with E-state index in [1.54, 1.807) is 0 Å². The van der Waals surface area contributed by atoms with Gasteiger partial charge in [-0.25, -0.2) is 4.79 Å².